The van der Waals surface area contributed by atoms with Crippen LogP contribution in [0, 0.1) is 5.82 Å². The number of carbonyl (C=O) groups excluding carboxylic acids is 1. The molecule has 5 nitrogen and oxygen atoms in total. The number of hydrogen-bond donors (Lipinski definition) is 2. The van der Waals surface area contributed by atoms with E-state index < -0.39 is 11.7 Å². The fourth-order valence-electron chi connectivity index (χ4n) is 1.86. The van der Waals surface area contributed by atoms with Crippen molar-refractivity contribution in [2.75, 3.05) is 5.32 Å². The highest BCUT2D eigenvalue weighted by Gasteiger charge is 2.12. The first-order valence-corrected chi connectivity index (χ1v) is 6.74. The SMILES string of the molecule is O=C(Nc1ccc(F)c(Cl)c1)c1cc(-c2ccccn2)n[nH]1. The van der Waals surface area contributed by atoms with Gasteiger partial charge in [0.15, 0.2) is 0 Å². The largest absolute Gasteiger partial charge is 0.321 e. The molecule has 110 valence electrons. The van der Waals surface area contributed by atoms with E-state index in [-0.39, 0.29) is 10.7 Å². The number of rotatable bonds is 3. The topological polar surface area (TPSA) is 70.7 Å². The average Bonchev–Trinajstić information content (AvgIpc) is 3.02. The van der Waals surface area contributed by atoms with E-state index in [1.165, 1.54) is 18.2 Å². The number of benzene rings is 1. The van der Waals surface area contributed by atoms with Crippen LogP contribution in [0.5, 0.6) is 0 Å². The zero-order valence-corrected chi connectivity index (χ0v) is 11.9. The third-order valence-corrected chi connectivity index (χ3v) is 3.22. The highest BCUT2D eigenvalue weighted by Crippen LogP contribution is 2.20. The van der Waals surface area contributed by atoms with E-state index in [0.29, 0.717) is 17.1 Å². The highest BCUT2D eigenvalue weighted by atomic mass is 35.5. The quantitative estimate of drug-likeness (QED) is 0.776. The van der Waals surface area contributed by atoms with Crippen LogP contribution in [-0.2, 0) is 0 Å². The first-order chi connectivity index (χ1) is 10.6. The molecule has 0 saturated carbocycles. The van der Waals surface area contributed by atoms with Gasteiger partial charge in [0, 0.05) is 11.9 Å². The second kappa shape index (κ2) is 5.95. The van der Waals surface area contributed by atoms with Crippen molar-refractivity contribution in [1.29, 1.82) is 0 Å². The van der Waals surface area contributed by atoms with Crippen molar-refractivity contribution in [2.45, 2.75) is 0 Å². The maximum Gasteiger partial charge on any atom is 0.273 e. The van der Waals surface area contributed by atoms with Crippen LogP contribution in [0.3, 0.4) is 0 Å². The van der Waals surface area contributed by atoms with Gasteiger partial charge in [0.25, 0.3) is 5.91 Å². The Morgan fingerprint density at radius 3 is 2.77 bits per heavy atom. The molecule has 0 atom stereocenters. The number of nitrogens with one attached hydrogen (secondary N) is 2. The second-order valence-electron chi connectivity index (χ2n) is 4.46. The van der Waals surface area contributed by atoms with E-state index in [1.54, 1.807) is 24.4 Å². The maximum atomic E-state index is 13.1. The number of pyridine rings is 1. The van der Waals surface area contributed by atoms with Crippen LogP contribution in [0.1, 0.15) is 10.5 Å². The van der Waals surface area contributed by atoms with E-state index in [0.717, 1.165) is 0 Å². The summed E-state index contributed by atoms with van der Waals surface area (Å²) in [6.07, 6.45) is 1.64. The summed E-state index contributed by atoms with van der Waals surface area (Å²) >= 11 is 5.67. The molecule has 0 aliphatic carbocycles. The molecule has 2 aromatic heterocycles. The molecule has 1 amide bonds. The van der Waals surface area contributed by atoms with Gasteiger partial charge in [-0.2, -0.15) is 5.10 Å². The van der Waals surface area contributed by atoms with Crippen LogP contribution in [-0.4, -0.2) is 21.1 Å². The van der Waals surface area contributed by atoms with Gasteiger partial charge in [-0.25, -0.2) is 4.39 Å². The average molecular weight is 317 g/mol. The Hall–Kier alpha value is -2.73. The van der Waals surface area contributed by atoms with Crippen molar-refractivity contribution in [3.05, 3.63) is 65.2 Å². The molecule has 0 bridgehead atoms. The van der Waals surface area contributed by atoms with Crippen LogP contribution < -0.4 is 5.32 Å². The minimum absolute atomic E-state index is 0.0587. The Morgan fingerprint density at radius 1 is 1.18 bits per heavy atom. The van der Waals surface area contributed by atoms with Gasteiger partial charge in [-0.15, -0.1) is 0 Å². The van der Waals surface area contributed by atoms with Gasteiger partial charge in [-0.3, -0.25) is 14.9 Å². The standard InChI is InChI=1S/C15H10ClFN4O/c16-10-7-9(4-5-11(10)17)19-15(22)14-8-13(20-21-14)12-3-1-2-6-18-12/h1-8H,(H,19,22)(H,20,21). The summed E-state index contributed by atoms with van der Waals surface area (Å²) in [6.45, 7) is 0. The smallest absolute Gasteiger partial charge is 0.273 e. The minimum Gasteiger partial charge on any atom is -0.321 e. The van der Waals surface area contributed by atoms with E-state index in [1.807, 2.05) is 6.07 Å². The lowest BCUT2D eigenvalue weighted by Crippen LogP contribution is -2.12. The summed E-state index contributed by atoms with van der Waals surface area (Å²) < 4.78 is 13.1. The molecule has 0 unspecified atom stereocenters. The van der Waals surface area contributed by atoms with Crippen molar-refractivity contribution in [3.8, 4) is 11.4 Å². The summed E-state index contributed by atoms with van der Waals surface area (Å²) in [5.74, 6) is -0.948. The molecule has 1 aromatic carbocycles. The summed E-state index contributed by atoms with van der Waals surface area (Å²) in [5, 5.41) is 9.24. The van der Waals surface area contributed by atoms with Gasteiger partial charge in [0.2, 0.25) is 0 Å². The van der Waals surface area contributed by atoms with Crippen LogP contribution >= 0.6 is 11.6 Å². The Morgan fingerprint density at radius 2 is 2.05 bits per heavy atom. The lowest BCUT2D eigenvalue weighted by Gasteiger charge is -2.04. The van der Waals surface area contributed by atoms with E-state index in [4.69, 9.17) is 11.6 Å². The molecule has 0 spiro atoms. The Bertz CT molecular complexity index is 819. The zero-order chi connectivity index (χ0) is 15.5. The lowest BCUT2D eigenvalue weighted by molar-refractivity contribution is 0.102. The van der Waals surface area contributed by atoms with Gasteiger partial charge < -0.3 is 5.32 Å². The number of carbonyl (C=O) groups is 1. The number of amides is 1. The number of aromatic amines is 1. The van der Waals surface area contributed by atoms with Gasteiger partial charge in [0.1, 0.15) is 17.2 Å². The highest BCUT2D eigenvalue weighted by molar-refractivity contribution is 6.31. The van der Waals surface area contributed by atoms with Gasteiger partial charge in [-0.05, 0) is 36.4 Å². The first-order valence-electron chi connectivity index (χ1n) is 6.37. The fraction of sp³-hybridized carbons (Fsp3) is 0. The number of aromatic nitrogens is 3. The Labute approximate surface area is 130 Å². The zero-order valence-electron chi connectivity index (χ0n) is 11.2. The predicted octanol–water partition coefficient (Wildman–Crippen LogP) is 3.52. The molecule has 0 aliphatic heterocycles. The minimum atomic E-state index is -0.543. The number of anilines is 1. The number of halogens is 2. The van der Waals surface area contributed by atoms with Crippen molar-refractivity contribution in [2.24, 2.45) is 0 Å². The van der Waals surface area contributed by atoms with E-state index in [2.05, 4.69) is 20.5 Å². The number of H-pyrrole nitrogens is 1. The van der Waals surface area contributed by atoms with Gasteiger partial charge in [0.05, 0.1) is 10.7 Å². The second-order valence-corrected chi connectivity index (χ2v) is 4.87. The Kier molecular flexibility index (Phi) is 3.84. The van der Waals surface area contributed by atoms with Crippen LogP contribution in [0.2, 0.25) is 5.02 Å². The molecule has 0 aliphatic rings. The molecule has 7 heteroatoms. The molecule has 2 heterocycles. The molecule has 0 fully saturated rings. The summed E-state index contributed by atoms with van der Waals surface area (Å²) in [7, 11) is 0. The van der Waals surface area contributed by atoms with E-state index >= 15 is 0 Å². The molecule has 22 heavy (non-hydrogen) atoms. The monoisotopic (exact) mass is 316 g/mol. The summed E-state index contributed by atoms with van der Waals surface area (Å²) in [5.41, 5.74) is 1.87. The lowest BCUT2D eigenvalue weighted by atomic mass is 10.2. The van der Waals surface area contributed by atoms with Gasteiger partial charge in [-0.1, -0.05) is 17.7 Å². The van der Waals surface area contributed by atoms with Crippen LogP contribution in [0.15, 0.2) is 48.7 Å². The number of hydrogen-bond acceptors (Lipinski definition) is 3. The molecule has 2 N–H and O–H groups in total. The normalized spacial score (nSPS) is 10.5. The van der Waals surface area contributed by atoms with Crippen molar-refractivity contribution >= 4 is 23.2 Å². The van der Waals surface area contributed by atoms with Crippen LogP contribution in [0.4, 0.5) is 10.1 Å². The molecule has 0 radical (unpaired) electrons. The predicted molar refractivity (Wildman–Crippen MR) is 81.2 cm³/mol. The molecule has 3 aromatic rings. The Balaban J connectivity index is 1.78. The van der Waals surface area contributed by atoms with Crippen molar-refractivity contribution < 1.29 is 9.18 Å². The molecule has 3 rings (SSSR count). The van der Waals surface area contributed by atoms with Crippen molar-refractivity contribution in [3.63, 3.8) is 0 Å². The number of nitrogens with zero attached hydrogens (tertiary/aromatic N) is 2. The molecular weight excluding hydrogens is 307 g/mol. The van der Waals surface area contributed by atoms with Crippen LogP contribution in [0.25, 0.3) is 11.4 Å². The third-order valence-electron chi connectivity index (χ3n) is 2.93. The fourth-order valence-corrected chi connectivity index (χ4v) is 2.04. The van der Waals surface area contributed by atoms with E-state index in [9.17, 15) is 9.18 Å². The first kappa shape index (κ1) is 14.2. The van der Waals surface area contributed by atoms with Crippen molar-refractivity contribution in [1.82, 2.24) is 15.2 Å². The maximum absolute atomic E-state index is 13.1. The third kappa shape index (κ3) is 2.96. The summed E-state index contributed by atoms with van der Waals surface area (Å²) in [6, 6.07) is 10.9. The molecule has 0 saturated heterocycles. The van der Waals surface area contributed by atoms with Gasteiger partial charge >= 0.3 is 0 Å². The summed E-state index contributed by atoms with van der Waals surface area (Å²) in [4.78, 5) is 16.3. The molecular formula is C15H10ClFN4O.